The molecule has 2 heterocycles. The fraction of sp³-hybridized carbons (Fsp3) is 0.217. The number of hydrazine groups is 1. The summed E-state index contributed by atoms with van der Waals surface area (Å²) >= 11 is 5.90. The van der Waals surface area contributed by atoms with Crippen molar-refractivity contribution in [2.75, 3.05) is 6.54 Å². The number of rotatable bonds is 6. The van der Waals surface area contributed by atoms with Crippen LogP contribution in [0.25, 0.3) is 5.57 Å². The molecule has 2 aliphatic heterocycles. The van der Waals surface area contributed by atoms with Gasteiger partial charge < -0.3 is 5.32 Å². The molecule has 160 valence electrons. The number of aliphatic imine (C=N–C) groups is 1. The maximum atomic E-state index is 15.4. The van der Waals surface area contributed by atoms with Gasteiger partial charge in [-0.3, -0.25) is 15.5 Å². The molecule has 1 unspecified atom stereocenters. The van der Waals surface area contributed by atoms with Gasteiger partial charge in [0.25, 0.3) is 5.91 Å². The smallest absolute Gasteiger partial charge is 0.254 e. The highest BCUT2D eigenvalue weighted by Gasteiger charge is 2.24. The number of carbonyl (C=O) groups excluding carboxylic acids is 1. The maximum absolute atomic E-state index is 15.4. The Balaban J connectivity index is 1.45. The molecular weight excluding hydrogens is 417 g/mol. The Labute approximate surface area is 185 Å². The van der Waals surface area contributed by atoms with E-state index in [4.69, 9.17) is 17.3 Å². The zero-order chi connectivity index (χ0) is 22.0. The Bertz CT molecular complexity index is 1090. The van der Waals surface area contributed by atoms with E-state index in [-0.39, 0.29) is 5.56 Å². The lowest BCUT2D eigenvalue weighted by Gasteiger charge is -2.20. The maximum Gasteiger partial charge on any atom is 0.254 e. The van der Waals surface area contributed by atoms with E-state index in [1.165, 1.54) is 0 Å². The molecule has 2 aromatic carbocycles. The largest absolute Gasteiger partial charge is 0.352 e. The van der Waals surface area contributed by atoms with E-state index in [0.717, 1.165) is 18.4 Å². The van der Waals surface area contributed by atoms with Crippen LogP contribution in [0, 0.1) is 12.7 Å². The first-order valence-electron chi connectivity index (χ1n) is 10.0. The van der Waals surface area contributed by atoms with Gasteiger partial charge in [0.1, 0.15) is 11.7 Å². The van der Waals surface area contributed by atoms with Crippen LogP contribution in [0.2, 0.25) is 5.02 Å². The Morgan fingerprint density at radius 3 is 2.84 bits per heavy atom. The lowest BCUT2D eigenvalue weighted by Crippen LogP contribution is -2.40. The van der Waals surface area contributed by atoms with Crippen LogP contribution >= 0.6 is 11.6 Å². The minimum Gasteiger partial charge on any atom is -0.352 e. The minimum atomic E-state index is -0.546. The number of hydrogen-bond acceptors (Lipinski definition) is 5. The average molecular weight is 440 g/mol. The van der Waals surface area contributed by atoms with Gasteiger partial charge in [0.15, 0.2) is 6.29 Å². The highest BCUT2D eigenvalue weighted by atomic mass is 35.5. The summed E-state index contributed by atoms with van der Waals surface area (Å²) in [6, 6.07) is 11.0. The second-order valence-corrected chi connectivity index (χ2v) is 7.89. The van der Waals surface area contributed by atoms with E-state index >= 15 is 4.39 Å². The fourth-order valence-electron chi connectivity index (χ4n) is 3.59. The molecule has 6 nitrogen and oxygen atoms in total. The molecule has 0 saturated heterocycles. The summed E-state index contributed by atoms with van der Waals surface area (Å²) in [6.07, 6.45) is 6.23. The summed E-state index contributed by atoms with van der Waals surface area (Å²) in [7, 11) is 0. The van der Waals surface area contributed by atoms with Crippen molar-refractivity contribution < 1.29 is 9.18 Å². The van der Waals surface area contributed by atoms with Crippen LogP contribution < -0.4 is 16.5 Å². The highest BCUT2D eigenvalue weighted by molar-refractivity contribution is 6.30. The van der Waals surface area contributed by atoms with Gasteiger partial charge in [-0.2, -0.15) is 5.43 Å². The fourth-order valence-corrected chi connectivity index (χ4v) is 3.71. The van der Waals surface area contributed by atoms with Gasteiger partial charge in [-0.15, -0.1) is 0 Å². The van der Waals surface area contributed by atoms with Gasteiger partial charge in [0, 0.05) is 23.3 Å². The Morgan fingerprint density at radius 1 is 1.29 bits per heavy atom. The zero-order valence-corrected chi connectivity index (χ0v) is 17.8. The van der Waals surface area contributed by atoms with Crippen molar-refractivity contribution in [2.45, 2.75) is 26.1 Å². The van der Waals surface area contributed by atoms with Crippen LogP contribution in [0.4, 0.5) is 4.39 Å². The normalized spacial score (nSPS) is 17.3. The number of nitrogens with one attached hydrogen (secondary N) is 2. The van der Waals surface area contributed by atoms with Crippen LogP contribution in [0.3, 0.4) is 0 Å². The van der Waals surface area contributed by atoms with Gasteiger partial charge in [-0.05, 0) is 60.8 Å². The second-order valence-electron chi connectivity index (χ2n) is 7.45. The van der Waals surface area contributed by atoms with Crippen LogP contribution in [0.15, 0.2) is 59.7 Å². The molecule has 0 fully saturated rings. The van der Waals surface area contributed by atoms with Crippen molar-refractivity contribution in [1.82, 2.24) is 15.8 Å². The van der Waals surface area contributed by atoms with E-state index in [9.17, 15) is 4.79 Å². The minimum absolute atomic E-state index is 0.0592. The molecule has 0 spiro atoms. The lowest BCUT2D eigenvalue weighted by atomic mass is 9.96. The lowest BCUT2D eigenvalue weighted by molar-refractivity contribution is 0.0948. The molecule has 4 rings (SSSR count). The molecule has 0 bridgehead atoms. The number of nitrogens with zero attached hydrogens (tertiary/aromatic N) is 2. The van der Waals surface area contributed by atoms with Gasteiger partial charge in [-0.1, -0.05) is 35.9 Å². The van der Waals surface area contributed by atoms with E-state index in [1.54, 1.807) is 42.4 Å². The van der Waals surface area contributed by atoms with Gasteiger partial charge >= 0.3 is 0 Å². The number of fused-ring (bicyclic) bond motifs is 1. The number of amidine groups is 1. The van der Waals surface area contributed by atoms with Gasteiger partial charge in [0.05, 0.1) is 5.56 Å². The van der Waals surface area contributed by atoms with E-state index < -0.39 is 18.0 Å². The highest BCUT2D eigenvalue weighted by Crippen LogP contribution is 2.27. The summed E-state index contributed by atoms with van der Waals surface area (Å²) in [5.41, 5.74) is 11.4. The van der Waals surface area contributed by atoms with Crippen LogP contribution in [-0.4, -0.2) is 29.6 Å². The number of allylic oxidation sites excluding steroid dienone is 2. The number of benzene rings is 2. The third kappa shape index (κ3) is 4.69. The Morgan fingerprint density at radius 2 is 2.06 bits per heavy atom. The standard InChI is InChI=1S/C23H23ClFN5O/c1-14-4-9-18(16-10-12-30-19(13-16)28-23(26)29-30)21(25)20(14)22(31)27-11-2-3-15-5-7-17(24)8-6-15/h4-10,12-13,23,29H,2-3,11,26H2,1H3,(H,27,31). The summed E-state index contributed by atoms with van der Waals surface area (Å²) in [5, 5.41) is 5.20. The predicted molar refractivity (Wildman–Crippen MR) is 121 cm³/mol. The van der Waals surface area contributed by atoms with Gasteiger partial charge in [-0.25, -0.2) is 9.38 Å². The third-order valence-electron chi connectivity index (χ3n) is 5.21. The Kier molecular flexibility index (Phi) is 6.18. The monoisotopic (exact) mass is 439 g/mol. The molecular formula is C23H23ClFN5O. The van der Waals surface area contributed by atoms with Crippen molar-refractivity contribution in [2.24, 2.45) is 10.7 Å². The first-order chi connectivity index (χ1) is 14.9. The number of nitrogens with two attached hydrogens (primary N) is 1. The number of amides is 1. The number of halogens is 2. The van der Waals surface area contributed by atoms with E-state index in [1.807, 2.05) is 24.3 Å². The first kappa shape index (κ1) is 21.2. The molecule has 2 aliphatic rings. The van der Waals surface area contributed by atoms with Crippen LogP contribution in [0.1, 0.15) is 33.5 Å². The molecule has 8 heteroatoms. The van der Waals surface area contributed by atoms with Crippen molar-refractivity contribution in [3.05, 3.63) is 87.8 Å². The molecule has 4 N–H and O–H groups in total. The van der Waals surface area contributed by atoms with Crippen molar-refractivity contribution in [3.63, 3.8) is 0 Å². The van der Waals surface area contributed by atoms with E-state index in [2.05, 4.69) is 15.7 Å². The summed E-state index contributed by atoms with van der Waals surface area (Å²) in [6.45, 7) is 2.18. The Hall–Kier alpha value is -3.00. The second kappa shape index (κ2) is 9.01. The van der Waals surface area contributed by atoms with E-state index in [0.29, 0.717) is 34.1 Å². The molecule has 0 saturated carbocycles. The molecule has 0 aliphatic carbocycles. The van der Waals surface area contributed by atoms with Crippen molar-refractivity contribution in [3.8, 4) is 0 Å². The molecule has 31 heavy (non-hydrogen) atoms. The number of carbonyl (C=O) groups is 1. The van der Waals surface area contributed by atoms with Crippen molar-refractivity contribution >= 4 is 28.9 Å². The average Bonchev–Trinajstić information content (AvgIpc) is 3.12. The number of aryl methyl sites for hydroxylation is 2. The number of hydrogen-bond donors (Lipinski definition) is 3. The quantitative estimate of drug-likeness (QED) is 0.601. The topological polar surface area (TPSA) is 82.8 Å². The molecule has 1 atom stereocenters. The molecule has 1 amide bonds. The summed E-state index contributed by atoms with van der Waals surface area (Å²) < 4.78 is 15.4. The zero-order valence-electron chi connectivity index (χ0n) is 17.0. The molecule has 0 radical (unpaired) electrons. The predicted octanol–water partition coefficient (Wildman–Crippen LogP) is 3.52. The van der Waals surface area contributed by atoms with Crippen LogP contribution in [0.5, 0.6) is 0 Å². The third-order valence-corrected chi connectivity index (χ3v) is 5.46. The summed E-state index contributed by atoms with van der Waals surface area (Å²) in [4.78, 5) is 17.0. The van der Waals surface area contributed by atoms with Crippen LogP contribution in [-0.2, 0) is 6.42 Å². The molecule has 0 aromatic heterocycles. The van der Waals surface area contributed by atoms with Crippen molar-refractivity contribution in [1.29, 1.82) is 0 Å². The van der Waals surface area contributed by atoms with Gasteiger partial charge in [0.2, 0.25) is 0 Å². The first-order valence-corrected chi connectivity index (χ1v) is 10.4. The SMILES string of the molecule is Cc1ccc(C2=CC3=NC(N)NN3C=C2)c(F)c1C(=O)NCCCc1ccc(Cl)cc1. The summed E-state index contributed by atoms with van der Waals surface area (Å²) in [5.74, 6) is -0.370. The molecule has 2 aromatic rings.